The average molecular weight is 238 g/mol. The van der Waals surface area contributed by atoms with Crippen LogP contribution in [0.1, 0.15) is 44.9 Å². The molecule has 17 heavy (non-hydrogen) atoms. The zero-order valence-corrected chi connectivity index (χ0v) is 10.9. The molecular weight excluding hydrogens is 212 g/mol. The van der Waals surface area contributed by atoms with Gasteiger partial charge in [0.15, 0.2) is 0 Å². The third kappa shape index (κ3) is 3.01. The van der Waals surface area contributed by atoms with E-state index in [2.05, 4.69) is 10.2 Å². The van der Waals surface area contributed by atoms with E-state index in [0.29, 0.717) is 0 Å². The van der Waals surface area contributed by atoms with Gasteiger partial charge in [-0.3, -0.25) is 0 Å². The fraction of sp³-hybridized carbons (Fsp3) is 1.00. The Hall–Kier alpha value is -0.120. The van der Waals surface area contributed by atoms with Crippen molar-refractivity contribution in [3.05, 3.63) is 0 Å². The van der Waals surface area contributed by atoms with E-state index in [4.69, 9.17) is 4.74 Å². The summed E-state index contributed by atoms with van der Waals surface area (Å²) >= 11 is 0. The van der Waals surface area contributed by atoms with E-state index in [1.54, 1.807) is 0 Å². The summed E-state index contributed by atoms with van der Waals surface area (Å²) in [6.45, 7) is 4.61. The van der Waals surface area contributed by atoms with E-state index < -0.39 is 0 Å². The average Bonchev–Trinajstić information content (AvgIpc) is 2.65. The van der Waals surface area contributed by atoms with Crippen molar-refractivity contribution in [2.75, 3.05) is 26.3 Å². The van der Waals surface area contributed by atoms with Gasteiger partial charge in [-0.25, -0.2) is 0 Å². The van der Waals surface area contributed by atoms with E-state index in [9.17, 15) is 0 Å². The standard InChI is InChI=1S/C14H26N2O/c1-4-14-11-13(5-8-16(14)7-1)15-12-3-2-9-17-10-6-12/h12-15H,1-11H2. The van der Waals surface area contributed by atoms with Gasteiger partial charge in [-0.1, -0.05) is 0 Å². The molecule has 3 aliphatic heterocycles. The van der Waals surface area contributed by atoms with Crippen molar-refractivity contribution in [3.8, 4) is 0 Å². The zero-order chi connectivity index (χ0) is 11.5. The first-order valence-electron chi connectivity index (χ1n) is 7.49. The van der Waals surface area contributed by atoms with Gasteiger partial charge in [-0.15, -0.1) is 0 Å². The first-order valence-corrected chi connectivity index (χ1v) is 7.49. The van der Waals surface area contributed by atoms with Crippen molar-refractivity contribution in [3.63, 3.8) is 0 Å². The minimum absolute atomic E-state index is 0.718. The molecule has 0 aromatic rings. The normalized spacial score (nSPS) is 39.9. The van der Waals surface area contributed by atoms with Crippen molar-refractivity contribution >= 4 is 0 Å². The Labute approximate surface area is 105 Å². The lowest BCUT2D eigenvalue weighted by Crippen LogP contribution is -2.48. The molecule has 3 unspecified atom stereocenters. The number of nitrogens with zero attached hydrogens (tertiary/aromatic N) is 1. The summed E-state index contributed by atoms with van der Waals surface area (Å²) in [6.07, 6.45) is 9.36. The predicted octanol–water partition coefficient (Wildman–Crippen LogP) is 1.77. The van der Waals surface area contributed by atoms with Crippen LogP contribution in [0.5, 0.6) is 0 Å². The number of fused-ring (bicyclic) bond motifs is 1. The molecule has 0 radical (unpaired) electrons. The Bertz CT molecular complexity index is 238. The Morgan fingerprint density at radius 1 is 0.882 bits per heavy atom. The largest absolute Gasteiger partial charge is 0.381 e. The van der Waals surface area contributed by atoms with Crippen molar-refractivity contribution in [2.24, 2.45) is 0 Å². The lowest BCUT2D eigenvalue weighted by atomic mass is 9.96. The fourth-order valence-electron chi connectivity index (χ4n) is 3.78. The van der Waals surface area contributed by atoms with Crippen LogP contribution in [-0.4, -0.2) is 49.3 Å². The van der Waals surface area contributed by atoms with E-state index in [0.717, 1.165) is 31.3 Å². The first kappa shape index (κ1) is 11.9. The molecule has 3 heteroatoms. The highest BCUT2D eigenvalue weighted by molar-refractivity contribution is 4.90. The van der Waals surface area contributed by atoms with E-state index in [-0.39, 0.29) is 0 Å². The zero-order valence-electron chi connectivity index (χ0n) is 10.9. The number of hydrogen-bond donors (Lipinski definition) is 1. The molecular formula is C14H26N2O. The number of nitrogens with one attached hydrogen (secondary N) is 1. The molecule has 0 bridgehead atoms. The number of ether oxygens (including phenoxy) is 1. The van der Waals surface area contributed by atoms with Gasteiger partial charge in [0.05, 0.1) is 0 Å². The van der Waals surface area contributed by atoms with Crippen molar-refractivity contribution in [1.82, 2.24) is 10.2 Å². The minimum atomic E-state index is 0.718. The molecule has 3 nitrogen and oxygen atoms in total. The SMILES string of the molecule is C1COCCC(NC2CCN3CCCC3C2)C1. The Kier molecular flexibility index (Phi) is 3.99. The Morgan fingerprint density at radius 2 is 1.88 bits per heavy atom. The molecule has 3 atom stereocenters. The first-order chi connectivity index (χ1) is 8.42. The van der Waals surface area contributed by atoms with Crippen molar-refractivity contribution < 1.29 is 4.74 Å². The summed E-state index contributed by atoms with van der Waals surface area (Å²) < 4.78 is 5.53. The Morgan fingerprint density at radius 3 is 2.88 bits per heavy atom. The quantitative estimate of drug-likeness (QED) is 0.793. The predicted molar refractivity (Wildman–Crippen MR) is 69.2 cm³/mol. The highest BCUT2D eigenvalue weighted by atomic mass is 16.5. The summed E-state index contributed by atoms with van der Waals surface area (Å²) in [7, 11) is 0. The molecule has 3 aliphatic rings. The van der Waals surface area contributed by atoms with Crippen LogP contribution in [0.4, 0.5) is 0 Å². The van der Waals surface area contributed by atoms with Crippen molar-refractivity contribution in [2.45, 2.75) is 63.1 Å². The highest BCUT2D eigenvalue weighted by Crippen LogP contribution is 2.27. The second-order valence-corrected chi connectivity index (χ2v) is 5.96. The maximum atomic E-state index is 5.53. The summed E-state index contributed by atoms with van der Waals surface area (Å²) in [5.41, 5.74) is 0. The molecule has 0 aromatic heterocycles. The maximum Gasteiger partial charge on any atom is 0.0480 e. The fourth-order valence-corrected chi connectivity index (χ4v) is 3.78. The third-order valence-electron chi connectivity index (χ3n) is 4.74. The Balaban J connectivity index is 1.48. The van der Waals surface area contributed by atoms with Crippen LogP contribution in [0.3, 0.4) is 0 Å². The van der Waals surface area contributed by atoms with Crippen LogP contribution in [0.2, 0.25) is 0 Å². The molecule has 0 saturated carbocycles. The minimum Gasteiger partial charge on any atom is -0.381 e. The van der Waals surface area contributed by atoms with E-state index in [1.165, 1.54) is 58.0 Å². The monoisotopic (exact) mass is 238 g/mol. The molecule has 0 amide bonds. The lowest BCUT2D eigenvalue weighted by molar-refractivity contribution is 0.138. The van der Waals surface area contributed by atoms with Gasteiger partial charge in [0.2, 0.25) is 0 Å². The van der Waals surface area contributed by atoms with Crippen LogP contribution >= 0.6 is 0 Å². The van der Waals surface area contributed by atoms with Gasteiger partial charge in [0, 0.05) is 31.3 Å². The molecule has 98 valence electrons. The summed E-state index contributed by atoms with van der Waals surface area (Å²) in [6, 6.07) is 2.39. The van der Waals surface area contributed by atoms with Crippen LogP contribution in [0.25, 0.3) is 0 Å². The summed E-state index contributed by atoms with van der Waals surface area (Å²) in [4.78, 5) is 2.70. The van der Waals surface area contributed by atoms with Gasteiger partial charge in [0.1, 0.15) is 0 Å². The maximum absolute atomic E-state index is 5.53. The number of piperidine rings is 1. The van der Waals surface area contributed by atoms with Crippen LogP contribution in [0.15, 0.2) is 0 Å². The van der Waals surface area contributed by atoms with Gasteiger partial charge in [0.25, 0.3) is 0 Å². The molecule has 0 aliphatic carbocycles. The van der Waals surface area contributed by atoms with Gasteiger partial charge < -0.3 is 15.0 Å². The summed E-state index contributed by atoms with van der Waals surface area (Å²) in [5, 5.41) is 3.90. The number of rotatable bonds is 2. The second kappa shape index (κ2) is 5.68. The topological polar surface area (TPSA) is 24.5 Å². The molecule has 0 aromatic carbocycles. The van der Waals surface area contributed by atoms with Crippen molar-refractivity contribution in [1.29, 1.82) is 0 Å². The molecule has 3 saturated heterocycles. The van der Waals surface area contributed by atoms with Gasteiger partial charge in [-0.05, 0) is 58.0 Å². The molecule has 1 N–H and O–H groups in total. The van der Waals surface area contributed by atoms with Gasteiger partial charge in [-0.2, -0.15) is 0 Å². The summed E-state index contributed by atoms with van der Waals surface area (Å²) in [5.74, 6) is 0. The molecule has 3 heterocycles. The van der Waals surface area contributed by atoms with Gasteiger partial charge >= 0.3 is 0 Å². The highest BCUT2D eigenvalue weighted by Gasteiger charge is 2.32. The number of hydrogen-bond acceptors (Lipinski definition) is 3. The smallest absolute Gasteiger partial charge is 0.0480 e. The molecule has 0 spiro atoms. The molecule has 3 fully saturated rings. The lowest BCUT2D eigenvalue weighted by Gasteiger charge is -2.37. The van der Waals surface area contributed by atoms with Crippen LogP contribution in [-0.2, 0) is 4.74 Å². The third-order valence-corrected chi connectivity index (χ3v) is 4.74. The molecule has 3 rings (SSSR count). The van der Waals surface area contributed by atoms with Crippen LogP contribution in [0, 0.1) is 0 Å². The van der Waals surface area contributed by atoms with Crippen LogP contribution < -0.4 is 5.32 Å². The second-order valence-electron chi connectivity index (χ2n) is 5.96. The van der Waals surface area contributed by atoms with E-state index in [1.807, 2.05) is 0 Å². The van der Waals surface area contributed by atoms with E-state index >= 15 is 0 Å².